The number of nitrogens with zero attached hydrogens (tertiary/aromatic N) is 5. The van der Waals surface area contributed by atoms with E-state index in [4.69, 9.17) is 19.3 Å². The summed E-state index contributed by atoms with van der Waals surface area (Å²) in [6.07, 6.45) is 8.98. The van der Waals surface area contributed by atoms with Crippen LogP contribution in [0.25, 0.3) is 40.1 Å². The summed E-state index contributed by atoms with van der Waals surface area (Å²) in [6.45, 7) is 4.36. The van der Waals surface area contributed by atoms with Gasteiger partial charge in [0.05, 0.1) is 17.3 Å². The fourth-order valence-electron chi connectivity index (χ4n) is 5.17. The van der Waals surface area contributed by atoms with Gasteiger partial charge in [-0.05, 0) is 83.9 Å². The Morgan fingerprint density at radius 2 is 1.70 bits per heavy atom. The maximum Gasteiger partial charge on any atom is 0.291 e. The van der Waals surface area contributed by atoms with Gasteiger partial charge in [0.15, 0.2) is 17.3 Å². The van der Waals surface area contributed by atoms with E-state index < -0.39 is 0 Å². The van der Waals surface area contributed by atoms with E-state index in [9.17, 15) is 9.18 Å². The van der Waals surface area contributed by atoms with Crippen LogP contribution >= 0.6 is 11.3 Å². The maximum atomic E-state index is 13.5. The van der Waals surface area contributed by atoms with Crippen LogP contribution < -0.4 is 24.3 Å². The topological polar surface area (TPSA) is 92.8 Å². The summed E-state index contributed by atoms with van der Waals surface area (Å²) in [5, 5.41) is 9.35. The monoisotopic (exact) mass is 683 g/mol. The van der Waals surface area contributed by atoms with Crippen molar-refractivity contribution in [2.45, 2.75) is 6.61 Å². The van der Waals surface area contributed by atoms with Crippen LogP contribution in [0.15, 0.2) is 121 Å². The Morgan fingerprint density at radius 3 is 2.44 bits per heavy atom. The zero-order valence-corrected chi connectivity index (χ0v) is 27.7. The number of fused-ring (bicyclic) bond motifs is 1. The third-order valence-corrected chi connectivity index (χ3v) is 8.62. The zero-order valence-electron chi connectivity index (χ0n) is 26.9. The lowest BCUT2D eigenvalue weighted by molar-refractivity contribution is 0.306. The van der Waals surface area contributed by atoms with Crippen molar-refractivity contribution in [3.8, 4) is 34.2 Å². The van der Waals surface area contributed by atoms with E-state index in [1.807, 2.05) is 91.1 Å². The fourth-order valence-corrected chi connectivity index (χ4v) is 6.08. The number of benzene rings is 4. The highest BCUT2D eigenvalue weighted by Crippen LogP contribution is 2.29. The summed E-state index contributed by atoms with van der Waals surface area (Å²) in [4.78, 5) is 18.6. The zero-order chi connectivity index (χ0) is 34.5. The van der Waals surface area contributed by atoms with Crippen LogP contribution in [0, 0.1) is 5.82 Å². The Hall–Kier alpha value is -6.33. The molecule has 9 nitrogen and oxygen atoms in total. The highest BCUT2D eigenvalue weighted by Gasteiger charge is 2.14. The number of hydrogen-bond acceptors (Lipinski definition) is 8. The molecule has 0 spiro atoms. The van der Waals surface area contributed by atoms with Crippen molar-refractivity contribution in [1.82, 2.24) is 24.4 Å². The predicted molar refractivity (Wildman–Crippen MR) is 193 cm³/mol. The first kappa shape index (κ1) is 32.2. The van der Waals surface area contributed by atoms with E-state index in [2.05, 4.69) is 16.7 Å². The van der Waals surface area contributed by atoms with Gasteiger partial charge in [0, 0.05) is 17.3 Å². The Balaban J connectivity index is 1.16. The minimum absolute atomic E-state index is 0.273. The second-order valence-electron chi connectivity index (χ2n) is 11.1. The summed E-state index contributed by atoms with van der Waals surface area (Å²) < 4.78 is 33.8. The molecule has 50 heavy (non-hydrogen) atoms. The standard InChI is InChI=1S/C39H30FN5O4S/c1-3-21-48-33-19-11-26(22-34(33)47-2)12-20-36-41-39-45(42-36)38(46)35(50-39)23-29-24-44(31-7-5-4-6-8-31)43-37(29)28-13-17-32(18-14-28)49-25-27-9-15-30(40)16-10-27/h3-20,22-24H,1,21,25H2,2H3/b20-12+,35-23-. The molecule has 0 saturated carbocycles. The second-order valence-corrected chi connectivity index (χ2v) is 12.1. The third kappa shape index (κ3) is 7.08. The first-order valence-corrected chi connectivity index (χ1v) is 16.4. The molecule has 7 rings (SSSR count). The van der Waals surface area contributed by atoms with Gasteiger partial charge < -0.3 is 14.2 Å². The Morgan fingerprint density at radius 1 is 0.900 bits per heavy atom. The lowest BCUT2D eigenvalue weighted by atomic mass is 10.1. The summed E-state index contributed by atoms with van der Waals surface area (Å²) >= 11 is 1.26. The molecule has 3 heterocycles. The van der Waals surface area contributed by atoms with Crippen molar-refractivity contribution in [2.75, 3.05) is 13.7 Å². The molecule has 0 radical (unpaired) electrons. The molecule has 0 unspecified atom stereocenters. The summed E-state index contributed by atoms with van der Waals surface area (Å²) in [5.74, 6) is 2.00. The first-order valence-electron chi connectivity index (χ1n) is 15.6. The van der Waals surface area contributed by atoms with Crippen LogP contribution in [0.4, 0.5) is 4.39 Å². The molecule has 248 valence electrons. The molecule has 0 aliphatic carbocycles. The fraction of sp³-hybridized carbons (Fsp3) is 0.0769. The van der Waals surface area contributed by atoms with Crippen LogP contribution in [-0.4, -0.2) is 38.1 Å². The third-order valence-electron chi connectivity index (χ3n) is 7.66. The first-order chi connectivity index (χ1) is 24.5. The van der Waals surface area contributed by atoms with Gasteiger partial charge in [0.2, 0.25) is 4.96 Å². The van der Waals surface area contributed by atoms with Crippen molar-refractivity contribution in [1.29, 1.82) is 0 Å². The summed E-state index contributed by atoms with van der Waals surface area (Å²) in [6, 6.07) is 29.1. The van der Waals surface area contributed by atoms with Gasteiger partial charge in [0.1, 0.15) is 30.5 Å². The molecule has 4 aromatic carbocycles. The molecule has 0 bridgehead atoms. The minimum Gasteiger partial charge on any atom is -0.493 e. The van der Waals surface area contributed by atoms with Gasteiger partial charge in [-0.1, -0.05) is 66.5 Å². The Labute approximate surface area is 290 Å². The van der Waals surface area contributed by atoms with Gasteiger partial charge >= 0.3 is 0 Å². The number of rotatable bonds is 12. The predicted octanol–water partition coefficient (Wildman–Crippen LogP) is 7.01. The van der Waals surface area contributed by atoms with Crippen LogP contribution in [0.5, 0.6) is 17.2 Å². The highest BCUT2D eigenvalue weighted by molar-refractivity contribution is 7.15. The van der Waals surface area contributed by atoms with Gasteiger partial charge in [0.25, 0.3) is 5.56 Å². The van der Waals surface area contributed by atoms with Crippen molar-refractivity contribution >= 4 is 34.5 Å². The molecule has 11 heteroatoms. The van der Waals surface area contributed by atoms with Gasteiger partial charge in [-0.25, -0.2) is 9.07 Å². The molecule has 0 fully saturated rings. The molecule has 3 aromatic heterocycles. The van der Waals surface area contributed by atoms with E-state index in [1.165, 1.54) is 28.0 Å². The van der Waals surface area contributed by atoms with E-state index in [0.29, 0.717) is 51.5 Å². The lowest BCUT2D eigenvalue weighted by Gasteiger charge is -2.09. The number of thiazole rings is 1. The molecule has 0 saturated heterocycles. The van der Waals surface area contributed by atoms with Crippen molar-refractivity contribution in [2.24, 2.45) is 0 Å². The maximum absolute atomic E-state index is 13.5. The highest BCUT2D eigenvalue weighted by atomic mass is 32.1. The number of methoxy groups -OCH3 is 1. The quantitative estimate of drug-likeness (QED) is 0.128. The molecule has 0 atom stereocenters. The number of para-hydroxylation sites is 1. The average molecular weight is 684 g/mol. The van der Waals surface area contributed by atoms with E-state index in [1.54, 1.807) is 36.1 Å². The van der Waals surface area contributed by atoms with Crippen molar-refractivity contribution in [3.63, 3.8) is 0 Å². The smallest absolute Gasteiger partial charge is 0.291 e. The van der Waals surface area contributed by atoms with Crippen molar-refractivity contribution < 1.29 is 18.6 Å². The van der Waals surface area contributed by atoms with Gasteiger partial charge in [-0.3, -0.25) is 4.79 Å². The molecule has 0 N–H and O–H groups in total. The number of hydrogen-bond donors (Lipinski definition) is 0. The number of halogens is 1. The van der Waals surface area contributed by atoms with Crippen LogP contribution in [-0.2, 0) is 6.61 Å². The number of ether oxygens (including phenoxy) is 3. The molecular formula is C39H30FN5O4S. The van der Waals surface area contributed by atoms with Gasteiger partial charge in [-0.15, -0.1) is 5.10 Å². The van der Waals surface area contributed by atoms with Crippen LogP contribution in [0.3, 0.4) is 0 Å². The van der Waals surface area contributed by atoms with E-state index >= 15 is 0 Å². The molecule has 7 aromatic rings. The van der Waals surface area contributed by atoms with Crippen molar-refractivity contribution in [3.05, 3.63) is 159 Å². The van der Waals surface area contributed by atoms with E-state index in [-0.39, 0.29) is 11.4 Å². The molecular weight excluding hydrogens is 654 g/mol. The largest absolute Gasteiger partial charge is 0.493 e. The minimum atomic E-state index is -0.287. The second kappa shape index (κ2) is 14.4. The molecule has 0 aliphatic heterocycles. The van der Waals surface area contributed by atoms with Gasteiger partial charge in [-0.2, -0.15) is 14.6 Å². The van der Waals surface area contributed by atoms with E-state index in [0.717, 1.165) is 27.9 Å². The SMILES string of the molecule is C=CCOc1ccc(/C=C/c2nc3s/c(=C\c4cn(-c5ccccc5)nc4-c4ccc(OCc5ccc(F)cc5)cc4)c(=O)n3n2)cc1OC. The molecule has 0 aliphatic rings. The summed E-state index contributed by atoms with van der Waals surface area (Å²) in [5.41, 5.74) is 4.62. The average Bonchev–Trinajstić information content (AvgIpc) is 3.84. The lowest BCUT2D eigenvalue weighted by Crippen LogP contribution is -2.23. The number of aromatic nitrogens is 5. The Bertz CT molecular complexity index is 2420. The van der Waals surface area contributed by atoms with Crippen LogP contribution in [0.2, 0.25) is 0 Å². The normalized spacial score (nSPS) is 11.8. The Kier molecular flexibility index (Phi) is 9.30. The van der Waals surface area contributed by atoms with Crippen LogP contribution in [0.1, 0.15) is 22.5 Å². The molecule has 0 amide bonds. The summed E-state index contributed by atoms with van der Waals surface area (Å²) in [7, 11) is 1.58.